The van der Waals surface area contributed by atoms with E-state index in [4.69, 9.17) is 9.47 Å². The van der Waals surface area contributed by atoms with Crippen LogP contribution in [0.3, 0.4) is 0 Å². The number of rotatable bonds is 7. The number of carbonyl (C=O) groups excluding carboxylic acids is 2. The molecule has 1 N–H and O–H groups in total. The average Bonchev–Trinajstić information content (AvgIpc) is 2.72. The van der Waals surface area contributed by atoms with Gasteiger partial charge in [-0.15, -0.1) is 0 Å². The molecule has 0 aromatic heterocycles. The summed E-state index contributed by atoms with van der Waals surface area (Å²) in [5.74, 6) is 0.675. The quantitative estimate of drug-likeness (QED) is 0.799. The molecule has 0 radical (unpaired) electrons. The van der Waals surface area contributed by atoms with Gasteiger partial charge in [-0.05, 0) is 37.1 Å². The first-order valence-electron chi connectivity index (χ1n) is 9.44. The summed E-state index contributed by atoms with van der Waals surface area (Å²) in [4.78, 5) is 26.1. The summed E-state index contributed by atoms with van der Waals surface area (Å²) >= 11 is 0. The number of methoxy groups -OCH3 is 1. The predicted octanol–water partition coefficient (Wildman–Crippen LogP) is 2.48. The molecule has 0 bridgehead atoms. The highest BCUT2D eigenvalue weighted by molar-refractivity contribution is 5.95. The molecule has 1 heterocycles. The molecule has 1 saturated heterocycles. The number of benzene rings is 2. The summed E-state index contributed by atoms with van der Waals surface area (Å²) in [6, 6.07) is 15.5. The molecule has 148 valence electrons. The van der Waals surface area contributed by atoms with E-state index in [2.05, 4.69) is 5.32 Å². The summed E-state index contributed by atoms with van der Waals surface area (Å²) in [6.07, 6.45) is 0.748. The maximum atomic E-state index is 12.2. The number of morpholine rings is 1. The lowest BCUT2D eigenvalue weighted by Gasteiger charge is -2.33. The van der Waals surface area contributed by atoms with Crippen molar-refractivity contribution in [2.45, 2.75) is 25.9 Å². The van der Waals surface area contributed by atoms with Crippen LogP contribution in [0.25, 0.3) is 0 Å². The van der Waals surface area contributed by atoms with E-state index < -0.39 is 0 Å². The Balaban J connectivity index is 1.49. The van der Waals surface area contributed by atoms with Crippen LogP contribution in [0, 0.1) is 6.92 Å². The Hall–Kier alpha value is -2.86. The molecule has 1 fully saturated rings. The van der Waals surface area contributed by atoms with Crippen molar-refractivity contribution in [2.75, 3.05) is 31.7 Å². The molecule has 2 amide bonds. The van der Waals surface area contributed by atoms with Crippen molar-refractivity contribution in [3.63, 3.8) is 0 Å². The summed E-state index contributed by atoms with van der Waals surface area (Å²) in [6.45, 7) is 2.83. The van der Waals surface area contributed by atoms with Crippen molar-refractivity contribution in [2.24, 2.45) is 0 Å². The second-order valence-corrected chi connectivity index (χ2v) is 6.89. The topological polar surface area (TPSA) is 67.9 Å². The molecule has 3 rings (SSSR count). The van der Waals surface area contributed by atoms with Crippen LogP contribution in [0.4, 0.5) is 5.69 Å². The third-order valence-corrected chi connectivity index (χ3v) is 4.82. The molecule has 6 nitrogen and oxygen atoms in total. The van der Waals surface area contributed by atoms with Crippen LogP contribution in [0.2, 0.25) is 0 Å². The number of para-hydroxylation sites is 1. The van der Waals surface area contributed by atoms with Gasteiger partial charge in [0.05, 0.1) is 19.8 Å². The van der Waals surface area contributed by atoms with Crippen LogP contribution in [0.15, 0.2) is 48.5 Å². The molecule has 1 aliphatic rings. The molecule has 1 atom stereocenters. The largest absolute Gasteiger partial charge is 0.496 e. The third kappa shape index (κ3) is 5.10. The number of nitrogens with one attached hydrogen (secondary N) is 1. The van der Waals surface area contributed by atoms with Crippen LogP contribution in [-0.2, 0) is 20.7 Å². The van der Waals surface area contributed by atoms with Gasteiger partial charge in [-0.2, -0.15) is 0 Å². The average molecular weight is 382 g/mol. The Morgan fingerprint density at radius 1 is 1.21 bits per heavy atom. The Morgan fingerprint density at radius 3 is 2.71 bits per heavy atom. The Labute approximate surface area is 165 Å². The van der Waals surface area contributed by atoms with E-state index in [1.54, 1.807) is 12.0 Å². The zero-order valence-corrected chi connectivity index (χ0v) is 16.3. The highest BCUT2D eigenvalue weighted by Gasteiger charge is 2.27. The van der Waals surface area contributed by atoms with Crippen molar-refractivity contribution in [1.29, 1.82) is 0 Å². The molecule has 2 aromatic carbocycles. The molecule has 1 unspecified atom stereocenters. The van der Waals surface area contributed by atoms with Gasteiger partial charge in [0, 0.05) is 18.7 Å². The lowest BCUT2D eigenvalue weighted by Crippen LogP contribution is -2.50. The smallest absolute Gasteiger partial charge is 0.253 e. The lowest BCUT2D eigenvalue weighted by atomic mass is 10.1. The van der Waals surface area contributed by atoms with Gasteiger partial charge in [0.15, 0.2) is 0 Å². The number of hydrogen-bond donors (Lipinski definition) is 1. The van der Waals surface area contributed by atoms with Gasteiger partial charge in [0.25, 0.3) is 5.91 Å². The van der Waals surface area contributed by atoms with Crippen molar-refractivity contribution < 1.29 is 19.1 Å². The van der Waals surface area contributed by atoms with Gasteiger partial charge < -0.3 is 19.7 Å². The molecule has 0 saturated carbocycles. The first-order chi connectivity index (χ1) is 13.6. The number of carbonyl (C=O) groups is 2. The number of ether oxygens (including phenoxy) is 2. The summed E-state index contributed by atoms with van der Waals surface area (Å²) in [5.41, 5.74) is 3.00. The summed E-state index contributed by atoms with van der Waals surface area (Å²) in [7, 11) is 1.63. The van der Waals surface area contributed by atoms with E-state index in [9.17, 15) is 9.59 Å². The molecular weight excluding hydrogens is 356 g/mol. The number of aryl methyl sites for hydroxylation is 2. The van der Waals surface area contributed by atoms with Gasteiger partial charge in [0.2, 0.25) is 5.91 Å². The van der Waals surface area contributed by atoms with Crippen molar-refractivity contribution >= 4 is 17.5 Å². The van der Waals surface area contributed by atoms with Crippen molar-refractivity contribution in [3.8, 4) is 5.75 Å². The normalized spacial score (nSPS) is 16.7. The van der Waals surface area contributed by atoms with E-state index >= 15 is 0 Å². The molecule has 0 aliphatic carbocycles. The van der Waals surface area contributed by atoms with E-state index in [0.29, 0.717) is 25.9 Å². The SMILES string of the molecule is COc1ccccc1CCC(=O)NCC1CN(c2ccc(C)cc2)C(=O)CO1. The first kappa shape index (κ1) is 19.9. The van der Waals surface area contributed by atoms with Crippen LogP contribution in [0.1, 0.15) is 17.5 Å². The molecule has 6 heteroatoms. The first-order valence-corrected chi connectivity index (χ1v) is 9.44. The Morgan fingerprint density at radius 2 is 1.96 bits per heavy atom. The Kier molecular flexibility index (Phi) is 6.66. The predicted molar refractivity (Wildman–Crippen MR) is 108 cm³/mol. The second-order valence-electron chi connectivity index (χ2n) is 6.89. The molecule has 2 aromatic rings. The molecule has 1 aliphatic heterocycles. The standard InChI is InChI=1S/C22H26N2O4/c1-16-7-10-18(11-8-16)24-14-19(28-15-22(24)26)13-23-21(25)12-9-17-5-3-4-6-20(17)27-2/h3-8,10-11,19H,9,12-15H2,1-2H3,(H,23,25). The number of amides is 2. The molecule has 0 spiro atoms. The minimum atomic E-state index is -0.228. The zero-order chi connectivity index (χ0) is 19.9. The molecule has 28 heavy (non-hydrogen) atoms. The second kappa shape index (κ2) is 9.37. The summed E-state index contributed by atoms with van der Waals surface area (Å²) < 4.78 is 10.9. The van der Waals surface area contributed by atoms with Crippen LogP contribution in [0.5, 0.6) is 5.75 Å². The monoisotopic (exact) mass is 382 g/mol. The van der Waals surface area contributed by atoms with Crippen LogP contribution < -0.4 is 15.0 Å². The minimum absolute atomic E-state index is 0.0234. The zero-order valence-electron chi connectivity index (χ0n) is 16.3. The Bertz CT molecular complexity index is 820. The minimum Gasteiger partial charge on any atom is -0.496 e. The number of hydrogen-bond acceptors (Lipinski definition) is 4. The van der Waals surface area contributed by atoms with Gasteiger partial charge in [-0.3, -0.25) is 9.59 Å². The third-order valence-electron chi connectivity index (χ3n) is 4.82. The lowest BCUT2D eigenvalue weighted by molar-refractivity contribution is -0.129. The fraction of sp³-hybridized carbons (Fsp3) is 0.364. The highest BCUT2D eigenvalue weighted by atomic mass is 16.5. The van der Waals surface area contributed by atoms with Crippen LogP contribution in [-0.4, -0.2) is 44.7 Å². The maximum absolute atomic E-state index is 12.2. The van der Waals surface area contributed by atoms with Gasteiger partial charge in [-0.1, -0.05) is 35.9 Å². The van der Waals surface area contributed by atoms with Crippen molar-refractivity contribution in [1.82, 2.24) is 5.32 Å². The number of anilines is 1. The van der Waals surface area contributed by atoms with Crippen LogP contribution >= 0.6 is 0 Å². The fourth-order valence-electron chi connectivity index (χ4n) is 3.20. The molecular formula is C22H26N2O4. The van der Waals surface area contributed by atoms with Crippen molar-refractivity contribution in [3.05, 3.63) is 59.7 Å². The summed E-state index contributed by atoms with van der Waals surface area (Å²) in [5, 5.41) is 2.91. The maximum Gasteiger partial charge on any atom is 0.253 e. The van der Waals surface area contributed by atoms with Gasteiger partial charge in [-0.25, -0.2) is 0 Å². The van der Waals surface area contributed by atoms with E-state index in [1.165, 1.54) is 0 Å². The van der Waals surface area contributed by atoms with Gasteiger partial charge in [0.1, 0.15) is 12.4 Å². The van der Waals surface area contributed by atoms with E-state index in [-0.39, 0.29) is 24.5 Å². The van der Waals surface area contributed by atoms with E-state index in [0.717, 1.165) is 22.6 Å². The number of nitrogens with zero attached hydrogens (tertiary/aromatic N) is 1. The highest BCUT2D eigenvalue weighted by Crippen LogP contribution is 2.20. The fourth-order valence-corrected chi connectivity index (χ4v) is 3.20. The van der Waals surface area contributed by atoms with Gasteiger partial charge >= 0.3 is 0 Å². The van der Waals surface area contributed by atoms with E-state index in [1.807, 2.05) is 55.5 Å².